The lowest BCUT2D eigenvalue weighted by Gasteiger charge is -2.32. The summed E-state index contributed by atoms with van der Waals surface area (Å²) in [6.07, 6.45) is 6.71. The molecule has 1 aliphatic heterocycles. The maximum atomic E-state index is 6.62. The lowest BCUT2D eigenvalue weighted by molar-refractivity contribution is 0.171. The summed E-state index contributed by atoms with van der Waals surface area (Å²) in [5, 5.41) is -0.00671. The molecule has 1 fully saturated rings. The highest BCUT2D eigenvalue weighted by atomic mass is 35.5. The normalized spacial score (nSPS) is 20.5. The van der Waals surface area contributed by atoms with Gasteiger partial charge in [0.1, 0.15) is 13.2 Å². The van der Waals surface area contributed by atoms with E-state index in [9.17, 15) is 0 Å². The fourth-order valence-electron chi connectivity index (χ4n) is 3.28. The fourth-order valence-corrected chi connectivity index (χ4v) is 3.64. The van der Waals surface area contributed by atoms with Gasteiger partial charge in [-0.3, -0.25) is 0 Å². The number of benzene rings is 1. The molecule has 1 atom stereocenters. The molecular weight excluding hydrogens is 286 g/mol. The summed E-state index contributed by atoms with van der Waals surface area (Å²) in [5.74, 6) is 1.65. The molecule has 1 unspecified atom stereocenters. The highest BCUT2D eigenvalue weighted by molar-refractivity contribution is 6.21. The number of hydrogen-bond donors (Lipinski definition) is 0. The van der Waals surface area contributed by atoms with E-state index in [0.29, 0.717) is 19.3 Å². The zero-order valence-corrected chi connectivity index (χ0v) is 13.4. The number of fused-ring (bicyclic) bond motifs is 1. The van der Waals surface area contributed by atoms with E-state index in [2.05, 4.69) is 18.0 Å². The first kappa shape index (κ1) is 15.0. The molecule has 1 aromatic rings. The smallest absolute Gasteiger partial charge is 0.161 e. The fraction of sp³-hybridized carbons (Fsp3) is 0.647. The van der Waals surface area contributed by atoms with Crippen molar-refractivity contribution in [1.29, 1.82) is 0 Å². The molecule has 0 amide bonds. The third-order valence-electron chi connectivity index (χ3n) is 4.57. The first-order chi connectivity index (χ1) is 10.2. The van der Waals surface area contributed by atoms with Crippen molar-refractivity contribution in [3.05, 3.63) is 23.8 Å². The van der Waals surface area contributed by atoms with E-state index in [1.807, 2.05) is 12.1 Å². The van der Waals surface area contributed by atoms with Gasteiger partial charge in [0.05, 0.1) is 5.38 Å². The average molecular weight is 310 g/mol. The van der Waals surface area contributed by atoms with Gasteiger partial charge in [0, 0.05) is 12.6 Å². The lowest BCUT2D eigenvalue weighted by atomic mass is 9.94. The van der Waals surface area contributed by atoms with Crippen LogP contribution in [0.3, 0.4) is 0 Å². The Morgan fingerprint density at radius 2 is 1.86 bits per heavy atom. The number of nitrogens with zero attached hydrogens (tertiary/aromatic N) is 1. The van der Waals surface area contributed by atoms with Crippen molar-refractivity contribution < 1.29 is 9.47 Å². The predicted molar refractivity (Wildman–Crippen MR) is 85.5 cm³/mol. The highest BCUT2D eigenvalue weighted by Gasteiger charge is 2.22. The summed E-state index contributed by atoms with van der Waals surface area (Å²) in [6, 6.07) is 6.75. The SMILES string of the molecule is CN(CC(Cl)c1ccc2c(c1)OCCO2)C1CCCCC1. The first-order valence-electron chi connectivity index (χ1n) is 7.98. The van der Waals surface area contributed by atoms with Crippen LogP contribution in [0.1, 0.15) is 43.0 Å². The minimum atomic E-state index is -0.00671. The molecular formula is C17H24ClNO2. The first-order valence-corrected chi connectivity index (χ1v) is 8.41. The van der Waals surface area contributed by atoms with Crippen LogP contribution in [0.15, 0.2) is 18.2 Å². The Labute approximate surface area is 132 Å². The van der Waals surface area contributed by atoms with E-state index >= 15 is 0 Å². The van der Waals surface area contributed by atoms with Gasteiger partial charge in [-0.15, -0.1) is 11.6 Å². The molecule has 3 rings (SSSR count). The Morgan fingerprint density at radius 1 is 1.14 bits per heavy atom. The molecule has 3 nitrogen and oxygen atoms in total. The van der Waals surface area contributed by atoms with Gasteiger partial charge in [0.25, 0.3) is 0 Å². The van der Waals surface area contributed by atoms with Crippen LogP contribution < -0.4 is 9.47 Å². The van der Waals surface area contributed by atoms with Gasteiger partial charge in [-0.05, 0) is 37.6 Å². The molecule has 0 radical (unpaired) electrons. The van der Waals surface area contributed by atoms with Gasteiger partial charge in [-0.2, -0.15) is 0 Å². The molecule has 0 saturated heterocycles. The van der Waals surface area contributed by atoms with E-state index < -0.39 is 0 Å². The summed E-state index contributed by atoms with van der Waals surface area (Å²) >= 11 is 6.62. The second-order valence-corrected chi connectivity index (χ2v) is 6.63. The summed E-state index contributed by atoms with van der Waals surface area (Å²) < 4.78 is 11.2. The number of halogens is 1. The summed E-state index contributed by atoms with van der Waals surface area (Å²) in [7, 11) is 2.20. The molecule has 1 saturated carbocycles. The maximum absolute atomic E-state index is 6.62. The molecule has 0 N–H and O–H groups in total. The second-order valence-electron chi connectivity index (χ2n) is 6.10. The molecule has 116 valence electrons. The number of likely N-dealkylation sites (N-methyl/N-ethyl adjacent to an activating group) is 1. The average Bonchev–Trinajstić information content (AvgIpc) is 2.55. The lowest BCUT2D eigenvalue weighted by Crippen LogP contribution is -2.35. The Morgan fingerprint density at radius 3 is 2.62 bits per heavy atom. The summed E-state index contributed by atoms with van der Waals surface area (Å²) in [4.78, 5) is 2.42. The summed E-state index contributed by atoms with van der Waals surface area (Å²) in [6.45, 7) is 2.12. The Balaban J connectivity index is 1.63. The van der Waals surface area contributed by atoms with Gasteiger partial charge in [0.15, 0.2) is 11.5 Å². The number of alkyl halides is 1. The van der Waals surface area contributed by atoms with Crippen LogP contribution in [0.5, 0.6) is 11.5 Å². The van der Waals surface area contributed by atoms with Crippen molar-refractivity contribution >= 4 is 11.6 Å². The van der Waals surface area contributed by atoms with E-state index in [4.69, 9.17) is 21.1 Å². The molecule has 0 aromatic heterocycles. The predicted octanol–water partition coefficient (Wildman–Crippen LogP) is 4.00. The van der Waals surface area contributed by atoms with Gasteiger partial charge >= 0.3 is 0 Å². The topological polar surface area (TPSA) is 21.7 Å². The third kappa shape index (κ3) is 3.64. The Bertz CT molecular complexity index is 474. The largest absolute Gasteiger partial charge is 0.486 e. The van der Waals surface area contributed by atoms with Gasteiger partial charge in [0.2, 0.25) is 0 Å². The molecule has 0 bridgehead atoms. The highest BCUT2D eigenvalue weighted by Crippen LogP contribution is 2.35. The van der Waals surface area contributed by atoms with Crippen LogP contribution in [0, 0.1) is 0 Å². The van der Waals surface area contributed by atoms with Crippen LogP contribution in [0.25, 0.3) is 0 Å². The Kier molecular flexibility index (Phi) is 4.91. The Hall–Kier alpha value is -0.930. The van der Waals surface area contributed by atoms with Crippen molar-refractivity contribution in [2.75, 3.05) is 26.8 Å². The monoisotopic (exact) mass is 309 g/mol. The number of rotatable bonds is 4. The molecule has 1 aromatic carbocycles. The summed E-state index contributed by atoms with van der Waals surface area (Å²) in [5.41, 5.74) is 1.11. The molecule has 21 heavy (non-hydrogen) atoms. The van der Waals surface area contributed by atoms with Crippen molar-refractivity contribution in [1.82, 2.24) is 4.90 Å². The molecule has 2 aliphatic rings. The standard InChI is InChI=1S/C17H24ClNO2/c1-19(14-5-3-2-4-6-14)12-15(18)13-7-8-16-17(11-13)21-10-9-20-16/h7-8,11,14-15H,2-6,9-10,12H2,1H3. The quantitative estimate of drug-likeness (QED) is 0.785. The van der Waals surface area contributed by atoms with E-state index in [0.717, 1.165) is 23.6 Å². The van der Waals surface area contributed by atoms with Crippen molar-refractivity contribution in [2.24, 2.45) is 0 Å². The van der Waals surface area contributed by atoms with Gasteiger partial charge < -0.3 is 14.4 Å². The molecule has 1 heterocycles. The minimum absolute atomic E-state index is 0.00671. The van der Waals surface area contributed by atoms with Crippen LogP contribution in [0.2, 0.25) is 0 Å². The van der Waals surface area contributed by atoms with Crippen LogP contribution in [-0.4, -0.2) is 37.7 Å². The third-order valence-corrected chi connectivity index (χ3v) is 4.96. The van der Waals surface area contributed by atoms with Crippen LogP contribution in [-0.2, 0) is 0 Å². The van der Waals surface area contributed by atoms with Crippen molar-refractivity contribution in [3.63, 3.8) is 0 Å². The van der Waals surface area contributed by atoms with Crippen molar-refractivity contribution in [2.45, 2.75) is 43.5 Å². The van der Waals surface area contributed by atoms with Crippen LogP contribution >= 0.6 is 11.6 Å². The second kappa shape index (κ2) is 6.89. The van der Waals surface area contributed by atoms with E-state index in [1.165, 1.54) is 32.1 Å². The van der Waals surface area contributed by atoms with Crippen LogP contribution in [0.4, 0.5) is 0 Å². The maximum Gasteiger partial charge on any atom is 0.161 e. The van der Waals surface area contributed by atoms with E-state index in [-0.39, 0.29) is 5.38 Å². The number of hydrogen-bond acceptors (Lipinski definition) is 3. The van der Waals surface area contributed by atoms with E-state index in [1.54, 1.807) is 0 Å². The minimum Gasteiger partial charge on any atom is -0.486 e. The molecule has 4 heteroatoms. The molecule has 1 aliphatic carbocycles. The molecule has 0 spiro atoms. The van der Waals surface area contributed by atoms with Gasteiger partial charge in [-0.1, -0.05) is 25.3 Å². The van der Waals surface area contributed by atoms with Crippen molar-refractivity contribution in [3.8, 4) is 11.5 Å². The zero-order valence-electron chi connectivity index (χ0n) is 12.7. The van der Waals surface area contributed by atoms with Gasteiger partial charge in [-0.25, -0.2) is 0 Å². The number of ether oxygens (including phenoxy) is 2. The zero-order chi connectivity index (χ0) is 14.7.